The molecular formula is C34H27F7N4O5. The second-order valence-corrected chi connectivity index (χ2v) is 12.2. The summed E-state index contributed by atoms with van der Waals surface area (Å²) in [6.45, 7) is -0.469. The van der Waals surface area contributed by atoms with Crippen molar-refractivity contribution in [3.05, 3.63) is 95.2 Å². The largest absolute Gasteiger partial charge is 0.490 e. The second-order valence-electron chi connectivity index (χ2n) is 12.2. The van der Waals surface area contributed by atoms with Crippen LogP contribution in [0.15, 0.2) is 66.9 Å². The van der Waals surface area contributed by atoms with Gasteiger partial charge in [0.25, 0.3) is 5.91 Å². The van der Waals surface area contributed by atoms with Crippen LogP contribution < -0.4 is 20.5 Å². The van der Waals surface area contributed by atoms with Crippen LogP contribution in [0.3, 0.4) is 0 Å². The first-order chi connectivity index (χ1) is 23.4. The van der Waals surface area contributed by atoms with Crippen LogP contribution in [0.25, 0.3) is 22.4 Å². The van der Waals surface area contributed by atoms with Crippen LogP contribution in [0.5, 0.6) is 11.5 Å². The third kappa shape index (κ3) is 6.42. The number of hydrogen-bond donors (Lipinski definition) is 3. The predicted molar refractivity (Wildman–Crippen MR) is 162 cm³/mol. The third-order valence-electron chi connectivity index (χ3n) is 8.55. The fourth-order valence-electron chi connectivity index (χ4n) is 5.37. The van der Waals surface area contributed by atoms with Gasteiger partial charge in [-0.1, -0.05) is 0 Å². The Kier molecular flexibility index (Phi) is 8.49. The smallest absolute Gasteiger partial charge is 0.433 e. The molecule has 0 saturated heterocycles. The molecule has 0 spiro atoms. The van der Waals surface area contributed by atoms with E-state index in [-0.39, 0.29) is 57.7 Å². The molecule has 4 N–H and O–H groups in total. The number of aliphatic hydroxyl groups is 1. The Labute approximate surface area is 279 Å². The molecule has 50 heavy (non-hydrogen) atoms. The summed E-state index contributed by atoms with van der Waals surface area (Å²) in [6, 6.07) is 11.1. The van der Waals surface area contributed by atoms with Crippen molar-refractivity contribution < 1.29 is 54.9 Å². The normalized spacial score (nSPS) is 18.5. The molecule has 1 aliphatic heterocycles. The Morgan fingerprint density at radius 2 is 1.70 bits per heavy atom. The minimum Gasteiger partial charge on any atom is -0.490 e. The zero-order chi connectivity index (χ0) is 36.2. The molecule has 1 saturated carbocycles. The third-order valence-corrected chi connectivity index (χ3v) is 8.55. The molecule has 2 amide bonds. The van der Waals surface area contributed by atoms with E-state index < -0.39 is 58.9 Å². The van der Waals surface area contributed by atoms with E-state index >= 15 is 0 Å². The van der Waals surface area contributed by atoms with Gasteiger partial charge in [-0.25, -0.2) is 9.37 Å². The van der Waals surface area contributed by atoms with Crippen LogP contribution in [0.2, 0.25) is 0 Å². The number of fused-ring (bicyclic) bond motifs is 1. The lowest BCUT2D eigenvalue weighted by Crippen LogP contribution is -2.51. The van der Waals surface area contributed by atoms with E-state index in [4.69, 9.17) is 15.2 Å². The summed E-state index contributed by atoms with van der Waals surface area (Å²) >= 11 is 0. The molecule has 4 aromatic rings. The summed E-state index contributed by atoms with van der Waals surface area (Å²) in [6.07, 6.45) is -8.21. The zero-order valence-corrected chi connectivity index (χ0v) is 26.0. The lowest BCUT2D eigenvalue weighted by molar-refractivity contribution is -0.265. The van der Waals surface area contributed by atoms with Crippen molar-refractivity contribution in [3.63, 3.8) is 0 Å². The molecule has 6 rings (SSSR count). The number of nitrogens with one attached hydrogen (secondary N) is 1. The maximum Gasteiger partial charge on any atom is 0.433 e. The standard InChI is InChI=1S/C34H27F7N4O5/c1-31(30(42)47)16-49-28-23(31)14-25(45-27(28)17-2-5-20(35)6-3-17)32(48,34(39,40)41)15-44-29(46)19-4-9-22(24(12-19)50-21-7-8-21)18-10-11-43-26(13-18)33(36,37)38/h2-6,9-14,21,48H,7-8,15-16H2,1H3,(H2,42,47)(H,44,46)/t31-,32?/m0/s1. The lowest BCUT2D eigenvalue weighted by atomic mass is 9.81. The van der Waals surface area contributed by atoms with Crippen LogP contribution in [-0.2, 0) is 22.0 Å². The lowest BCUT2D eigenvalue weighted by Gasteiger charge is -2.31. The molecule has 16 heteroatoms. The zero-order valence-electron chi connectivity index (χ0n) is 26.0. The molecule has 1 aliphatic carbocycles. The molecule has 2 atom stereocenters. The van der Waals surface area contributed by atoms with Gasteiger partial charge in [-0.05, 0) is 86.0 Å². The van der Waals surface area contributed by atoms with Crippen LogP contribution in [0.4, 0.5) is 30.7 Å². The fraction of sp³-hybridized carbons (Fsp3) is 0.294. The Morgan fingerprint density at radius 1 is 1.00 bits per heavy atom. The molecule has 262 valence electrons. The molecule has 3 heterocycles. The van der Waals surface area contributed by atoms with Gasteiger partial charge in [0.1, 0.15) is 40.7 Å². The van der Waals surface area contributed by atoms with Gasteiger partial charge in [-0.3, -0.25) is 14.6 Å². The van der Waals surface area contributed by atoms with Crippen molar-refractivity contribution in [1.82, 2.24) is 15.3 Å². The Balaban J connectivity index is 1.36. The number of ether oxygens (including phenoxy) is 2. The van der Waals surface area contributed by atoms with E-state index in [0.717, 1.165) is 30.5 Å². The van der Waals surface area contributed by atoms with Crippen molar-refractivity contribution in [3.8, 4) is 33.9 Å². The maximum atomic E-state index is 14.8. The van der Waals surface area contributed by atoms with Gasteiger partial charge >= 0.3 is 12.4 Å². The summed E-state index contributed by atoms with van der Waals surface area (Å²) in [5.41, 5.74) is -2.25. The minimum atomic E-state index is -5.45. The highest BCUT2D eigenvalue weighted by atomic mass is 19.4. The number of nitrogens with zero attached hydrogens (tertiary/aromatic N) is 2. The van der Waals surface area contributed by atoms with Gasteiger partial charge < -0.3 is 25.6 Å². The maximum absolute atomic E-state index is 14.8. The van der Waals surface area contributed by atoms with Crippen molar-refractivity contribution in [2.45, 2.75) is 49.2 Å². The summed E-state index contributed by atoms with van der Waals surface area (Å²) in [4.78, 5) is 33.1. The molecular weight excluding hydrogens is 677 g/mol. The topological polar surface area (TPSA) is 137 Å². The molecule has 9 nitrogen and oxygen atoms in total. The number of hydrogen-bond acceptors (Lipinski definition) is 7. The van der Waals surface area contributed by atoms with E-state index in [9.17, 15) is 45.4 Å². The number of amides is 2. The first kappa shape index (κ1) is 34.6. The van der Waals surface area contributed by atoms with Gasteiger partial charge in [0.2, 0.25) is 11.5 Å². The average Bonchev–Trinajstić information content (AvgIpc) is 3.82. The number of benzene rings is 2. The number of pyridine rings is 2. The SMILES string of the molecule is C[C@]1(C(N)=O)COc2c1cc(C(O)(CNC(=O)c1ccc(-c3ccnc(C(F)(F)F)c3)c(OC3CC3)c1)C(F)(F)F)nc2-c1ccc(F)cc1. The molecule has 1 fully saturated rings. The molecule has 0 radical (unpaired) electrons. The Morgan fingerprint density at radius 3 is 2.32 bits per heavy atom. The van der Waals surface area contributed by atoms with E-state index in [1.165, 1.54) is 43.3 Å². The average molecular weight is 705 g/mol. The molecule has 2 aromatic carbocycles. The number of primary amides is 1. The number of carbonyl (C=O) groups is 2. The molecule has 0 bridgehead atoms. The second kappa shape index (κ2) is 12.3. The van der Waals surface area contributed by atoms with Crippen LogP contribution in [0, 0.1) is 5.82 Å². The van der Waals surface area contributed by atoms with Crippen LogP contribution in [0.1, 0.15) is 47.1 Å². The van der Waals surface area contributed by atoms with Crippen LogP contribution in [-0.4, -0.2) is 52.3 Å². The number of nitrogens with two attached hydrogens (primary N) is 1. The minimum absolute atomic E-state index is 0.0144. The fourth-order valence-corrected chi connectivity index (χ4v) is 5.37. The number of rotatable bonds is 9. The number of carbonyl (C=O) groups excluding carboxylic acids is 2. The van der Waals surface area contributed by atoms with Crippen molar-refractivity contribution in [1.29, 1.82) is 0 Å². The van der Waals surface area contributed by atoms with Gasteiger partial charge in [0, 0.05) is 28.5 Å². The van der Waals surface area contributed by atoms with E-state index in [2.05, 4.69) is 15.3 Å². The van der Waals surface area contributed by atoms with E-state index in [1.54, 1.807) is 0 Å². The quantitative estimate of drug-likeness (QED) is 0.187. The highest BCUT2D eigenvalue weighted by Gasteiger charge is 2.57. The Bertz CT molecular complexity index is 1980. The highest BCUT2D eigenvalue weighted by molar-refractivity contribution is 5.96. The number of alkyl halides is 6. The van der Waals surface area contributed by atoms with Gasteiger partial charge in [-0.2, -0.15) is 26.3 Å². The predicted octanol–water partition coefficient (Wildman–Crippen LogP) is 5.83. The van der Waals surface area contributed by atoms with Gasteiger partial charge in [-0.15, -0.1) is 0 Å². The van der Waals surface area contributed by atoms with E-state index in [1.807, 2.05) is 0 Å². The van der Waals surface area contributed by atoms with Crippen molar-refractivity contribution in [2.75, 3.05) is 13.2 Å². The number of halogens is 7. The van der Waals surface area contributed by atoms with Gasteiger partial charge in [0.15, 0.2) is 0 Å². The van der Waals surface area contributed by atoms with Crippen LogP contribution >= 0.6 is 0 Å². The van der Waals surface area contributed by atoms with E-state index in [0.29, 0.717) is 12.8 Å². The van der Waals surface area contributed by atoms with Crippen molar-refractivity contribution >= 4 is 11.8 Å². The summed E-state index contributed by atoms with van der Waals surface area (Å²) in [7, 11) is 0. The van der Waals surface area contributed by atoms with Crippen molar-refractivity contribution in [2.24, 2.45) is 5.73 Å². The Hall–Kier alpha value is -5.25. The first-order valence-electron chi connectivity index (χ1n) is 15.1. The summed E-state index contributed by atoms with van der Waals surface area (Å²) < 4.78 is 110. The monoisotopic (exact) mass is 704 g/mol. The summed E-state index contributed by atoms with van der Waals surface area (Å²) in [5.74, 6) is -2.74. The number of aromatic nitrogens is 2. The molecule has 2 aromatic heterocycles. The first-order valence-corrected chi connectivity index (χ1v) is 15.1. The molecule has 2 aliphatic rings. The summed E-state index contributed by atoms with van der Waals surface area (Å²) in [5, 5.41) is 13.4. The van der Waals surface area contributed by atoms with Gasteiger partial charge in [0.05, 0.1) is 18.3 Å². The molecule has 1 unspecified atom stereocenters. The highest BCUT2D eigenvalue weighted by Crippen LogP contribution is 2.48.